The highest BCUT2D eigenvalue weighted by atomic mass is 16.3. The van der Waals surface area contributed by atoms with Crippen molar-refractivity contribution < 1.29 is 18.8 Å². The van der Waals surface area contributed by atoms with E-state index in [1.165, 1.54) is 25.2 Å². The highest BCUT2D eigenvalue weighted by Gasteiger charge is 2.36. The summed E-state index contributed by atoms with van der Waals surface area (Å²) >= 11 is 0. The molecule has 2 saturated heterocycles. The molecule has 2 aliphatic rings. The number of anilines is 1. The summed E-state index contributed by atoms with van der Waals surface area (Å²) in [6, 6.07) is 10.3. The summed E-state index contributed by atoms with van der Waals surface area (Å²) in [6.07, 6.45) is 5.36. The van der Waals surface area contributed by atoms with E-state index < -0.39 is 17.8 Å². The fourth-order valence-electron chi connectivity index (χ4n) is 3.32. The summed E-state index contributed by atoms with van der Waals surface area (Å²) in [5, 5.41) is 2.21. The van der Waals surface area contributed by atoms with Crippen LogP contribution in [0.25, 0.3) is 6.08 Å². The van der Waals surface area contributed by atoms with Gasteiger partial charge in [0.1, 0.15) is 11.3 Å². The molecule has 7 nitrogen and oxygen atoms in total. The second kappa shape index (κ2) is 7.11. The van der Waals surface area contributed by atoms with E-state index in [2.05, 4.69) is 10.2 Å². The van der Waals surface area contributed by atoms with E-state index in [9.17, 15) is 14.4 Å². The van der Waals surface area contributed by atoms with Gasteiger partial charge in [-0.05, 0) is 48.7 Å². The van der Waals surface area contributed by atoms with E-state index in [0.29, 0.717) is 5.76 Å². The Hall–Kier alpha value is -3.35. The third-order valence-corrected chi connectivity index (χ3v) is 4.76. The minimum absolute atomic E-state index is 0.0316. The number of imide groups is 2. The summed E-state index contributed by atoms with van der Waals surface area (Å²) < 4.78 is 5.19. The van der Waals surface area contributed by atoms with Crippen molar-refractivity contribution in [2.45, 2.75) is 19.4 Å². The van der Waals surface area contributed by atoms with Crippen LogP contribution in [0.15, 0.2) is 52.7 Å². The maximum Gasteiger partial charge on any atom is 0.331 e. The van der Waals surface area contributed by atoms with Crippen LogP contribution >= 0.6 is 0 Å². The van der Waals surface area contributed by atoms with Crippen molar-refractivity contribution in [2.24, 2.45) is 0 Å². The molecule has 3 heterocycles. The molecule has 0 saturated carbocycles. The molecular formula is C20H19N3O4. The molecule has 27 heavy (non-hydrogen) atoms. The minimum atomic E-state index is -0.747. The molecule has 4 amide bonds. The van der Waals surface area contributed by atoms with E-state index in [0.717, 1.165) is 29.2 Å². The molecule has 7 heteroatoms. The Balaban J connectivity index is 1.56. The number of nitrogens with zero attached hydrogens (tertiary/aromatic N) is 2. The summed E-state index contributed by atoms with van der Waals surface area (Å²) in [7, 11) is 0. The number of rotatable bonds is 4. The SMILES string of the molecule is O=C1NC(=O)N(Cc2ccco2)C(=O)/C1=C/c1ccc(N2CCCC2)cc1. The van der Waals surface area contributed by atoms with Crippen molar-refractivity contribution in [3.05, 3.63) is 59.6 Å². The van der Waals surface area contributed by atoms with Gasteiger partial charge in [-0.15, -0.1) is 0 Å². The predicted molar refractivity (Wildman–Crippen MR) is 98.7 cm³/mol. The molecule has 0 radical (unpaired) electrons. The smallest absolute Gasteiger partial charge is 0.331 e. The van der Waals surface area contributed by atoms with Gasteiger partial charge in [0.05, 0.1) is 12.8 Å². The first kappa shape index (κ1) is 17.1. The van der Waals surface area contributed by atoms with Crippen LogP contribution in [0, 0.1) is 0 Å². The van der Waals surface area contributed by atoms with Gasteiger partial charge in [-0.25, -0.2) is 4.79 Å². The fraction of sp³-hybridized carbons (Fsp3) is 0.250. The fourth-order valence-corrected chi connectivity index (χ4v) is 3.32. The number of carbonyl (C=O) groups is 3. The van der Waals surface area contributed by atoms with Crippen molar-refractivity contribution in [3.8, 4) is 0 Å². The van der Waals surface area contributed by atoms with Crippen LogP contribution in [0.3, 0.4) is 0 Å². The van der Waals surface area contributed by atoms with Crippen LogP contribution in [-0.4, -0.2) is 35.8 Å². The molecule has 138 valence electrons. The highest BCUT2D eigenvalue weighted by Crippen LogP contribution is 2.22. The van der Waals surface area contributed by atoms with Crippen molar-refractivity contribution in [1.82, 2.24) is 10.2 Å². The van der Waals surface area contributed by atoms with Crippen LogP contribution in [0.1, 0.15) is 24.2 Å². The Morgan fingerprint density at radius 1 is 1.04 bits per heavy atom. The normalized spacial score (nSPS) is 19.1. The number of amides is 4. The van der Waals surface area contributed by atoms with Gasteiger partial charge >= 0.3 is 6.03 Å². The third-order valence-electron chi connectivity index (χ3n) is 4.76. The van der Waals surface area contributed by atoms with Crippen LogP contribution in [0.4, 0.5) is 10.5 Å². The van der Waals surface area contributed by atoms with Gasteiger partial charge in [0.2, 0.25) is 0 Å². The molecule has 1 aromatic heterocycles. The first-order valence-corrected chi connectivity index (χ1v) is 8.88. The van der Waals surface area contributed by atoms with Crippen molar-refractivity contribution >= 4 is 29.6 Å². The Morgan fingerprint density at radius 2 is 1.78 bits per heavy atom. The molecule has 0 aliphatic carbocycles. The zero-order valence-electron chi connectivity index (χ0n) is 14.7. The van der Waals surface area contributed by atoms with Gasteiger partial charge in [-0.2, -0.15) is 0 Å². The molecule has 2 aromatic rings. The van der Waals surface area contributed by atoms with Crippen molar-refractivity contribution in [1.29, 1.82) is 0 Å². The number of carbonyl (C=O) groups excluding carboxylic acids is 3. The first-order valence-electron chi connectivity index (χ1n) is 8.88. The zero-order chi connectivity index (χ0) is 18.8. The second-order valence-electron chi connectivity index (χ2n) is 6.57. The van der Waals surface area contributed by atoms with Crippen LogP contribution < -0.4 is 10.2 Å². The van der Waals surface area contributed by atoms with Gasteiger partial charge in [-0.3, -0.25) is 19.8 Å². The maximum atomic E-state index is 12.7. The topological polar surface area (TPSA) is 82.9 Å². The Morgan fingerprint density at radius 3 is 2.44 bits per heavy atom. The average Bonchev–Trinajstić information content (AvgIpc) is 3.36. The van der Waals surface area contributed by atoms with Gasteiger partial charge in [0, 0.05) is 18.8 Å². The van der Waals surface area contributed by atoms with Gasteiger partial charge < -0.3 is 9.32 Å². The van der Waals surface area contributed by atoms with Gasteiger partial charge in [0.15, 0.2) is 0 Å². The lowest BCUT2D eigenvalue weighted by molar-refractivity contribution is -0.130. The molecule has 0 spiro atoms. The standard InChI is InChI=1S/C20H19N3O4/c24-18-17(12-14-5-7-15(8-6-14)22-9-1-2-10-22)19(25)23(20(26)21-18)13-16-4-3-11-27-16/h3-8,11-12H,1-2,9-10,13H2,(H,21,24,26)/b17-12+. The number of hydrogen-bond donors (Lipinski definition) is 1. The molecule has 0 atom stereocenters. The lowest BCUT2D eigenvalue weighted by atomic mass is 10.1. The number of furan rings is 1. The van der Waals surface area contributed by atoms with Gasteiger partial charge in [0.25, 0.3) is 11.8 Å². The number of barbiturate groups is 1. The number of urea groups is 1. The monoisotopic (exact) mass is 365 g/mol. The van der Waals surface area contributed by atoms with E-state index in [1.807, 2.05) is 24.3 Å². The number of benzene rings is 1. The predicted octanol–water partition coefficient (Wildman–Crippen LogP) is 2.54. The molecule has 2 aliphatic heterocycles. The third kappa shape index (κ3) is 3.48. The van der Waals surface area contributed by atoms with Gasteiger partial charge in [-0.1, -0.05) is 12.1 Å². The molecule has 2 fully saturated rings. The van der Waals surface area contributed by atoms with E-state index >= 15 is 0 Å². The molecule has 1 aromatic carbocycles. The number of nitrogens with one attached hydrogen (secondary N) is 1. The Kier molecular flexibility index (Phi) is 4.50. The Bertz CT molecular complexity index is 894. The number of hydrogen-bond acceptors (Lipinski definition) is 5. The molecule has 1 N–H and O–H groups in total. The van der Waals surface area contributed by atoms with Crippen LogP contribution in [-0.2, 0) is 16.1 Å². The molecule has 4 rings (SSSR count). The zero-order valence-corrected chi connectivity index (χ0v) is 14.7. The summed E-state index contributed by atoms with van der Waals surface area (Å²) in [5.41, 5.74) is 1.78. The van der Waals surface area contributed by atoms with Crippen molar-refractivity contribution in [2.75, 3.05) is 18.0 Å². The highest BCUT2D eigenvalue weighted by molar-refractivity contribution is 6.30. The molecule has 0 bridgehead atoms. The summed E-state index contributed by atoms with van der Waals surface area (Å²) in [5.74, 6) is -0.866. The van der Waals surface area contributed by atoms with Crippen LogP contribution in [0.5, 0.6) is 0 Å². The first-order chi connectivity index (χ1) is 13.1. The quantitative estimate of drug-likeness (QED) is 0.665. The minimum Gasteiger partial charge on any atom is -0.467 e. The van der Waals surface area contributed by atoms with Crippen LogP contribution in [0.2, 0.25) is 0 Å². The largest absolute Gasteiger partial charge is 0.467 e. The average molecular weight is 365 g/mol. The van der Waals surface area contributed by atoms with E-state index in [4.69, 9.17) is 4.42 Å². The maximum absolute atomic E-state index is 12.7. The van der Waals surface area contributed by atoms with E-state index in [-0.39, 0.29) is 12.1 Å². The summed E-state index contributed by atoms with van der Waals surface area (Å²) in [6.45, 7) is 2.06. The lowest BCUT2D eigenvalue weighted by Gasteiger charge is -2.25. The van der Waals surface area contributed by atoms with Crippen molar-refractivity contribution in [3.63, 3.8) is 0 Å². The second-order valence-corrected chi connectivity index (χ2v) is 6.57. The lowest BCUT2D eigenvalue weighted by Crippen LogP contribution is -2.53. The Labute approximate surface area is 156 Å². The molecule has 0 unspecified atom stereocenters. The van der Waals surface area contributed by atoms with E-state index in [1.54, 1.807) is 12.1 Å². The molecular weight excluding hydrogens is 346 g/mol. The summed E-state index contributed by atoms with van der Waals surface area (Å²) in [4.78, 5) is 40.1.